The molecule has 0 bridgehead atoms. The molecule has 0 aliphatic carbocycles. The van der Waals surface area contributed by atoms with E-state index in [1.165, 1.54) is 11.0 Å². The number of halogens is 3. The molecule has 0 atom stereocenters. The highest BCUT2D eigenvalue weighted by molar-refractivity contribution is 14.1. The summed E-state index contributed by atoms with van der Waals surface area (Å²) >= 11 is 4.29. The summed E-state index contributed by atoms with van der Waals surface area (Å²) in [7, 11) is 0. The highest BCUT2D eigenvalue weighted by Gasteiger charge is 2.33. The monoisotopic (exact) mass is 654 g/mol. The number of carbonyl (C=O) groups is 2. The maximum absolute atomic E-state index is 13.9. The Balaban J connectivity index is 1.51. The Morgan fingerprint density at radius 3 is 2.31 bits per heavy atom. The van der Waals surface area contributed by atoms with E-state index in [9.17, 15) is 14.0 Å². The van der Waals surface area contributed by atoms with Gasteiger partial charge in [0, 0.05) is 5.56 Å². The average molecular weight is 654 g/mol. The van der Waals surface area contributed by atoms with Crippen molar-refractivity contribution < 1.29 is 18.7 Å². The Morgan fingerprint density at radius 2 is 1.62 bits per heavy atom. The van der Waals surface area contributed by atoms with Crippen LogP contribution in [0.1, 0.15) is 16.7 Å². The first-order valence-corrected chi connectivity index (χ1v) is 11.8. The molecule has 1 saturated heterocycles. The summed E-state index contributed by atoms with van der Waals surface area (Å²) < 4.78 is 21.4. The van der Waals surface area contributed by atoms with Gasteiger partial charge in [-0.05, 0) is 80.6 Å². The van der Waals surface area contributed by atoms with Crippen molar-refractivity contribution in [2.45, 2.75) is 13.2 Å². The van der Waals surface area contributed by atoms with Crippen LogP contribution in [0.15, 0.2) is 72.4 Å². The highest BCUT2D eigenvalue weighted by atomic mass is 127. The molecule has 0 saturated carbocycles. The molecule has 3 aromatic carbocycles. The molecule has 8 heteroatoms. The van der Waals surface area contributed by atoms with Crippen LogP contribution in [0.4, 0.5) is 9.18 Å². The van der Waals surface area contributed by atoms with E-state index in [2.05, 4.69) is 50.5 Å². The summed E-state index contributed by atoms with van der Waals surface area (Å²) in [6.07, 6.45) is 1.65. The fourth-order valence-electron chi connectivity index (χ4n) is 3.21. The molecule has 1 aliphatic rings. The Morgan fingerprint density at radius 1 is 0.969 bits per heavy atom. The number of imide groups is 1. The van der Waals surface area contributed by atoms with Crippen LogP contribution in [-0.4, -0.2) is 16.8 Å². The first kappa shape index (κ1) is 22.7. The van der Waals surface area contributed by atoms with Gasteiger partial charge < -0.3 is 10.1 Å². The number of ether oxygens (including phenoxy) is 1. The molecule has 3 aromatic rings. The lowest BCUT2D eigenvalue weighted by Gasteiger charge is -2.12. The van der Waals surface area contributed by atoms with Gasteiger partial charge in [0.25, 0.3) is 5.91 Å². The van der Waals surface area contributed by atoms with Gasteiger partial charge in [-0.1, -0.05) is 48.5 Å². The highest BCUT2D eigenvalue weighted by Crippen LogP contribution is 2.31. The third-order valence-electron chi connectivity index (χ3n) is 4.81. The van der Waals surface area contributed by atoms with Crippen molar-refractivity contribution >= 4 is 63.2 Å². The van der Waals surface area contributed by atoms with Gasteiger partial charge in [0.15, 0.2) is 0 Å². The number of nitrogens with one attached hydrogen (secondary N) is 1. The minimum absolute atomic E-state index is 0.113. The number of nitrogens with zero attached hydrogens (tertiary/aromatic N) is 1. The Hall–Kier alpha value is -2.47. The van der Waals surface area contributed by atoms with Crippen molar-refractivity contribution in [1.29, 1.82) is 0 Å². The van der Waals surface area contributed by atoms with Gasteiger partial charge in [-0.25, -0.2) is 9.18 Å². The van der Waals surface area contributed by atoms with Crippen LogP contribution >= 0.6 is 45.2 Å². The second-order valence-corrected chi connectivity index (χ2v) is 9.38. The van der Waals surface area contributed by atoms with E-state index in [1.54, 1.807) is 24.3 Å². The SMILES string of the molecule is O=C1N/C(=C/c2cc(I)c(OCc3ccccc3F)c(I)c2)C(=O)N1Cc1ccccc1. The zero-order valence-corrected chi connectivity index (χ0v) is 21.0. The summed E-state index contributed by atoms with van der Waals surface area (Å²) in [5.41, 5.74) is 2.32. The first-order chi connectivity index (χ1) is 15.4. The van der Waals surface area contributed by atoms with Crippen molar-refractivity contribution in [1.82, 2.24) is 10.2 Å². The van der Waals surface area contributed by atoms with E-state index >= 15 is 0 Å². The van der Waals surface area contributed by atoms with Crippen LogP contribution in [-0.2, 0) is 17.9 Å². The zero-order valence-electron chi connectivity index (χ0n) is 16.6. The molecule has 4 rings (SSSR count). The van der Waals surface area contributed by atoms with Crippen LogP contribution in [0.3, 0.4) is 0 Å². The molecule has 1 aliphatic heterocycles. The summed E-state index contributed by atoms with van der Waals surface area (Å²) in [5.74, 6) is -0.0396. The van der Waals surface area contributed by atoms with Gasteiger partial charge >= 0.3 is 6.03 Å². The molecule has 0 unspecified atom stereocenters. The van der Waals surface area contributed by atoms with Gasteiger partial charge in [0.1, 0.15) is 23.9 Å². The number of carbonyl (C=O) groups excluding carboxylic acids is 2. The van der Waals surface area contributed by atoms with Gasteiger partial charge in [-0.15, -0.1) is 0 Å². The smallest absolute Gasteiger partial charge is 0.329 e. The van der Waals surface area contributed by atoms with E-state index in [0.717, 1.165) is 18.3 Å². The lowest BCUT2D eigenvalue weighted by molar-refractivity contribution is -0.123. The zero-order chi connectivity index (χ0) is 22.7. The maximum Gasteiger partial charge on any atom is 0.329 e. The van der Waals surface area contributed by atoms with E-state index in [1.807, 2.05) is 42.5 Å². The first-order valence-electron chi connectivity index (χ1n) is 9.66. The predicted octanol–water partition coefficient (Wildman–Crippen LogP) is 5.71. The second kappa shape index (κ2) is 9.99. The van der Waals surface area contributed by atoms with Crippen molar-refractivity contribution in [3.8, 4) is 5.75 Å². The summed E-state index contributed by atoms with van der Waals surface area (Å²) in [5, 5.41) is 2.65. The second-order valence-electron chi connectivity index (χ2n) is 7.06. The number of urea groups is 1. The minimum atomic E-state index is -0.445. The van der Waals surface area contributed by atoms with Gasteiger partial charge in [0.05, 0.1) is 13.7 Å². The van der Waals surface area contributed by atoms with Gasteiger partial charge in [-0.2, -0.15) is 0 Å². The lowest BCUT2D eigenvalue weighted by atomic mass is 10.1. The van der Waals surface area contributed by atoms with Crippen molar-refractivity contribution in [2.24, 2.45) is 0 Å². The molecule has 32 heavy (non-hydrogen) atoms. The van der Waals surface area contributed by atoms with Crippen LogP contribution in [0.2, 0.25) is 0 Å². The number of benzene rings is 3. The Labute approximate surface area is 211 Å². The molecule has 0 aromatic heterocycles. The van der Waals surface area contributed by atoms with E-state index in [4.69, 9.17) is 4.74 Å². The average Bonchev–Trinajstić information content (AvgIpc) is 3.02. The van der Waals surface area contributed by atoms with E-state index in [0.29, 0.717) is 11.3 Å². The molecule has 162 valence electrons. The molecule has 3 amide bonds. The molecular formula is C24H17FI2N2O3. The Bertz CT molecular complexity index is 1190. The molecule has 0 spiro atoms. The van der Waals surface area contributed by atoms with E-state index in [-0.39, 0.29) is 30.6 Å². The molecule has 1 fully saturated rings. The van der Waals surface area contributed by atoms with Crippen molar-refractivity contribution in [3.63, 3.8) is 0 Å². The maximum atomic E-state index is 13.9. The third-order valence-corrected chi connectivity index (χ3v) is 6.41. The number of rotatable bonds is 6. The molecule has 1 N–H and O–H groups in total. The van der Waals surface area contributed by atoms with Crippen LogP contribution < -0.4 is 10.1 Å². The van der Waals surface area contributed by atoms with Gasteiger partial charge in [-0.3, -0.25) is 9.69 Å². The minimum Gasteiger partial charge on any atom is -0.487 e. The largest absolute Gasteiger partial charge is 0.487 e. The normalized spacial score (nSPS) is 14.7. The van der Waals surface area contributed by atoms with Gasteiger partial charge in [0.2, 0.25) is 0 Å². The van der Waals surface area contributed by atoms with Crippen LogP contribution in [0.25, 0.3) is 6.08 Å². The van der Waals surface area contributed by atoms with Crippen LogP contribution in [0.5, 0.6) is 5.75 Å². The molecule has 5 nitrogen and oxygen atoms in total. The third kappa shape index (κ3) is 5.12. The topological polar surface area (TPSA) is 58.6 Å². The molecule has 0 radical (unpaired) electrons. The van der Waals surface area contributed by atoms with Crippen molar-refractivity contribution in [3.05, 3.63) is 102 Å². The summed E-state index contributed by atoms with van der Waals surface area (Å²) in [6, 6.07) is 19.1. The molecular weight excluding hydrogens is 637 g/mol. The predicted molar refractivity (Wildman–Crippen MR) is 136 cm³/mol. The van der Waals surface area contributed by atoms with E-state index < -0.39 is 6.03 Å². The standard InChI is InChI=1S/C24H17FI2N2O3/c25-18-9-5-4-8-17(18)14-32-22-19(26)10-16(11-20(22)27)12-21-23(30)29(24(31)28-21)13-15-6-2-1-3-7-15/h1-12H,13-14H2,(H,28,31)/b21-12+. The molecule has 1 heterocycles. The number of amides is 3. The fourth-order valence-corrected chi connectivity index (χ4v) is 5.34. The Kier molecular flexibility index (Phi) is 7.09. The summed E-state index contributed by atoms with van der Waals surface area (Å²) in [6.45, 7) is 0.322. The number of hydrogen-bond donors (Lipinski definition) is 1. The van der Waals surface area contributed by atoms with Crippen LogP contribution in [0, 0.1) is 13.0 Å². The summed E-state index contributed by atoms with van der Waals surface area (Å²) in [4.78, 5) is 26.3. The van der Waals surface area contributed by atoms with Crippen molar-refractivity contribution in [2.75, 3.05) is 0 Å². The fraction of sp³-hybridized carbons (Fsp3) is 0.0833. The lowest BCUT2D eigenvalue weighted by Crippen LogP contribution is -2.30. The quantitative estimate of drug-likeness (QED) is 0.211. The number of hydrogen-bond acceptors (Lipinski definition) is 3.